The first-order valence-electron chi connectivity index (χ1n) is 12.1. The molecule has 2 aliphatic rings. The number of esters is 1. The lowest BCUT2D eigenvalue weighted by Gasteiger charge is -2.29. The fourth-order valence-corrected chi connectivity index (χ4v) is 5.46. The van der Waals surface area contributed by atoms with Gasteiger partial charge in [-0.1, -0.05) is 63.9 Å². The minimum absolute atomic E-state index is 0.145. The van der Waals surface area contributed by atoms with Gasteiger partial charge in [0.25, 0.3) is 0 Å². The number of hydrogen-bond acceptors (Lipinski definition) is 6. The third-order valence-corrected chi connectivity index (χ3v) is 7.44. The summed E-state index contributed by atoms with van der Waals surface area (Å²) in [5.74, 6) is -0.578. The summed E-state index contributed by atoms with van der Waals surface area (Å²) in [5.41, 5.74) is 5.10. The highest BCUT2D eigenvalue weighted by molar-refractivity contribution is 9.10. The van der Waals surface area contributed by atoms with Gasteiger partial charge in [-0.3, -0.25) is 4.79 Å². The Kier molecular flexibility index (Phi) is 7.32. The van der Waals surface area contributed by atoms with E-state index in [0.717, 1.165) is 15.6 Å². The van der Waals surface area contributed by atoms with E-state index in [0.29, 0.717) is 50.2 Å². The van der Waals surface area contributed by atoms with E-state index in [9.17, 15) is 9.59 Å². The number of carbonyl (C=O) groups excluding carboxylic acids is 2. The van der Waals surface area contributed by atoms with Gasteiger partial charge in [0.1, 0.15) is 6.61 Å². The van der Waals surface area contributed by atoms with Gasteiger partial charge in [-0.25, -0.2) is 4.79 Å². The van der Waals surface area contributed by atoms with Crippen LogP contribution in [0.15, 0.2) is 82.0 Å². The lowest BCUT2D eigenvalue weighted by atomic mass is 9.79. The molecule has 8 heteroatoms. The van der Waals surface area contributed by atoms with E-state index in [-0.39, 0.29) is 19.0 Å². The minimum Gasteiger partial charge on any atom is -0.493 e. The maximum absolute atomic E-state index is 13.7. The maximum atomic E-state index is 13.7. The van der Waals surface area contributed by atoms with Crippen molar-refractivity contribution in [2.75, 3.05) is 13.7 Å². The zero-order valence-corrected chi connectivity index (χ0v) is 23.4. The summed E-state index contributed by atoms with van der Waals surface area (Å²) in [6, 6.07) is 18.7. The van der Waals surface area contributed by atoms with E-state index in [1.165, 1.54) is 7.11 Å². The van der Waals surface area contributed by atoms with Crippen molar-refractivity contribution < 1.29 is 23.8 Å². The van der Waals surface area contributed by atoms with Crippen molar-refractivity contribution in [2.24, 2.45) is 0 Å². The normalized spacial score (nSPS) is 16.1. The molecule has 1 heterocycles. The molecular formula is C30H25BrClNO5. The highest BCUT2D eigenvalue weighted by Gasteiger charge is 2.43. The summed E-state index contributed by atoms with van der Waals surface area (Å²) in [5, 5.41) is 3.60. The molecule has 0 amide bonds. The Hall–Kier alpha value is -3.55. The molecule has 194 valence electrons. The van der Waals surface area contributed by atoms with Crippen LogP contribution >= 0.6 is 27.5 Å². The highest BCUT2D eigenvalue weighted by Crippen LogP contribution is 2.49. The molecule has 0 spiro atoms. The van der Waals surface area contributed by atoms with Gasteiger partial charge in [-0.2, -0.15) is 0 Å². The van der Waals surface area contributed by atoms with Crippen LogP contribution in [0.3, 0.4) is 0 Å². The van der Waals surface area contributed by atoms with Crippen LogP contribution in [0.5, 0.6) is 11.5 Å². The lowest BCUT2D eigenvalue weighted by Crippen LogP contribution is -2.29. The quantitative estimate of drug-likeness (QED) is 0.303. The number of Topliss-reactive ketones (excluding diaryl/α,β-unsaturated/α-hetero) is 1. The van der Waals surface area contributed by atoms with Crippen LogP contribution in [0.25, 0.3) is 5.70 Å². The molecule has 1 atom stereocenters. The Morgan fingerprint density at radius 3 is 2.47 bits per heavy atom. The summed E-state index contributed by atoms with van der Waals surface area (Å²) in [4.78, 5) is 26.9. The first-order chi connectivity index (χ1) is 18.3. The van der Waals surface area contributed by atoms with E-state index >= 15 is 0 Å². The monoisotopic (exact) mass is 593 g/mol. The molecule has 0 aromatic heterocycles. The molecule has 1 N–H and O–H groups in total. The van der Waals surface area contributed by atoms with Crippen molar-refractivity contribution in [3.05, 3.63) is 109 Å². The van der Waals surface area contributed by atoms with Crippen molar-refractivity contribution >= 4 is 45.0 Å². The van der Waals surface area contributed by atoms with Gasteiger partial charge in [0.2, 0.25) is 0 Å². The fourth-order valence-electron chi connectivity index (χ4n) is 4.92. The highest BCUT2D eigenvalue weighted by atomic mass is 79.9. The van der Waals surface area contributed by atoms with Crippen LogP contribution in [-0.2, 0) is 16.1 Å². The number of rotatable bonds is 7. The second-order valence-corrected chi connectivity index (χ2v) is 10.3. The van der Waals surface area contributed by atoms with Gasteiger partial charge >= 0.3 is 5.97 Å². The topological polar surface area (TPSA) is 73.9 Å². The molecule has 0 saturated heterocycles. The number of methoxy groups -OCH3 is 1. The van der Waals surface area contributed by atoms with Gasteiger partial charge in [-0.05, 0) is 49.2 Å². The summed E-state index contributed by atoms with van der Waals surface area (Å²) in [7, 11) is 1.53. The average Bonchev–Trinajstić information content (AvgIpc) is 3.19. The number of benzene rings is 3. The fraction of sp³-hybridized carbons (Fsp3) is 0.200. The second kappa shape index (κ2) is 10.7. The SMILES string of the molecule is CCOC(=O)C1=C(C)NC2=C(C(=O)c3ccccc32)[C@H]1c1cc(Cl)c(OCc2ccc(Br)cc2)c(OC)c1. The number of nitrogens with one attached hydrogen (secondary N) is 1. The molecular weight excluding hydrogens is 570 g/mol. The number of hydrogen-bond donors (Lipinski definition) is 1. The summed E-state index contributed by atoms with van der Waals surface area (Å²) >= 11 is 10.2. The van der Waals surface area contributed by atoms with Gasteiger partial charge < -0.3 is 19.5 Å². The first-order valence-corrected chi connectivity index (χ1v) is 13.3. The van der Waals surface area contributed by atoms with E-state index < -0.39 is 11.9 Å². The summed E-state index contributed by atoms with van der Waals surface area (Å²) < 4.78 is 18.1. The minimum atomic E-state index is -0.711. The third-order valence-electron chi connectivity index (χ3n) is 6.63. The maximum Gasteiger partial charge on any atom is 0.336 e. The smallest absolute Gasteiger partial charge is 0.336 e. The van der Waals surface area contributed by atoms with Crippen molar-refractivity contribution in [3.8, 4) is 11.5 Å². The van der Waals surface area contributed by atoms with Crippen LogP contribution in [0.1, 0.15) is 46.8 Å². The largest absolute Gasteiger partial charge is 0.493 e. The number of ketones is 1. The summed E-state index contributed by atoms with van der Waals surface area (Å²) in [6.45, 7) is 4.04. The third kappa shape index (κ3) is 4.61. The molecule has 3 aromatic rings. The molecule has 1 aliphatic carbocycles. The Morgan fingerprint density at radius 1 is 1.08 bits per heavy atom. The molecule has 5 rings (SSSR count). The first kappa shape index (κ1) is 26.1. The van der Waals surface area contributed by atoms with Gasteiger partial charge in [0, 0.05) is 32.8 Å². The molecule has 0 saturated carbocycles. The lowest BCUT2D eigenvalue weighted by molar-refractivity contribution is -0.138. The number of carbonyl (C=O) groups is 2. The Morgan fingerprint density at radius 2 is 1.79 bits per heavy atom. The van der Waals surface area contributed by atoms with Crippen LogP contribution in [0, 0.1) is 0 Å². The number of halogens is 2. The molecule has 0 radical (unpaired) electrons. The van der Waals surface area contributed by atoms with E-state index in [4.69, 9.17) is 25.8 Å². The van der Waals surface area contributed by atoms with E-state index in [1.807, 2.05) is 49.4 Å². The Bertz CT molecular complexity index is 1510. The van der Waals surface area contributed by atoms with Gasteiger partial charge in [0.05, 0.1) is 30.0 Å². The molecule has 38 heavy (non-hydrogen) atoms. The van der Waals surface area contributed by atoms with Gasteiger partial charge in [-0.15, -0.1) is 0 Å². The van der Waals surface area contributed by atoms with E-state index in [2.05, 4.69) is 21.2 Å². The molecule has 0 unspecified atom stereocenters. The van der Waals surface area contributed by atoms with Crippen molar-refractivity contribution in [3.63, 3.8) is 0 Å². The number of allylic oxidation sites excluding steroid dienone is 2. The predicted octanol–water partition coefficient (Wildman–Crippen LogP) is 6.82. The standard InChI is InChI=1S/C30H25BrClNO5/c1-4-37-30(35)24-16(2)33-27-20-7-5-6-8-21(20)28(34)26(27)25(24)18-13-22(32)29(23(14-18)36-3)38-15-17-9-11-19(31)12-10-17/h5-14,25,33H,4,15H2,1-3H3/t25-/m0/s1. The molecule has 3 aromatic carbocycles. The van der Waals surface area contributed by atoms with Crippen molar-refractivity contribution in [2.45, 2.75) is 26.4 Å². The second-order valence-electron chi connectivity index (χ2n) is 8.93. The van der Waals surface area contributed by atoms with E-state index in [1.54, 1.807) is 25.1 Å². The summed E-state index contributed by atoms with van der Waals surface area (Å²) in [6.07, 6.45) is 0. The average molecular weight is 595 g/mol. The van der Waals surface area contributed by atoms with Gasteiger partial charge in [0.15, 0.2) is 17.3 Å². The number of dihydropyridines is 1. The molecule has 6 nitrogen and oxygen atoms in total. The van der Waals surface area contributed by atoms with Crippen molar-refractivity contribution in [1.29, 1.82) is 0 Å². The van der Waals surface area contributed by atoms with Crippen LogP contribution in [-0.4, -0.2) is 25.5 Å². The zero-order chi connectivity index (χ0) is 27.0. The van der Waals surface area contributed by atoms with Crippen LogP contribution in [0.4, 0.5) is 0 Å². The predicted molar refractivity (Wildman–Crippen MR) is 149 cm³/mol. The zero-order valence-electron chi connectivity index (χ0n) is 21.1. The molecule has 0 fully saturated rings. The Labute approximate surface area is 234 Å². The molecule has 0 bridgehead atoms. The Balaban J connectivity index is 1.60. The van der Waals surface area contributed by atoms with Crippen molar-refractivity contribution in [1.82, 2.24) is 5.32 Å². The molecule has 1 aliphatic heterocycles. The van der Waals surface area contributed by atoms with Crippen LogP contribution < -0.4 is 14.8 Å². The number of ether oxygens (including phenoxy) is 3. The van der Waals surface area contributed by atoms with Crippen LogP contribution in [0.2, 0.25) is 5.02 Å². The number of fused-ring (bicyclic) bond motifs is 2.